The number of benzene rings is 1. The second-order valence-corrected chi connectivity index (χ2v) is 5.64. The van der Waals surface area contributed by atoms with Crippen LogP contribution in [0, 0.1) is 0 Å². The molecule has 90 valence electrons. The molecule has 0 bridgehead atoms. The van der Waals surface area contributed by atoms with Gasteiger partial charge in [-0.15, -0.1) is 15.7 Å². The minimum atomic E-state index is -3.82. The van der Waals surface area contributed by atoms with Gasteiger partial charge in [0, 0.05) is 11.1 Å². The molecule has 3 N–H and O–H groups in total. The van der Waals surface area contributed by atoms with Crippen molar-refractivity contribution in [3.8, 4) is 0 Å². The van der Waals surface area contributed by atoms with Crippen molar-refractivity contribution in [3.63, 3.8) is 0 Å². The van der Waals surface area contributed by atoms with E-state index in [0.717, 1.165) is 11.3 Å². The first-order chi connectivity index (χ1) is 7.99. The Balaban J connectivity index is 2.52. The van der Waals surface area contributed by atoms with Crippen molar-refractivity contribution in [3.05, 3.63) is 40.6 Å². The van der Waals surface area contributed by atoms with Gasteiger partial charge in [0.25, 0.3) is 10.0 Å². The zero-order valence-corrected chi connectivity index (χ0v) is 10.1. The molecule has 0 unspecified atom stereocenters. The van der Waals surface area contributed by atoms with E-state index >= 15 is 0 Å². The maximum atomic E-state index is 11.8. The van der Waals surface area contributed by atoms with Crippen LogP contribution in [0.5, 0.6) is 0 Å². The summed E-state index contributed by atoms with van der Waals surface area (Å²) in [4.78, 5) is 0.0157. The molecule has 17 heavy (non-hydrogen) atoms. The normalized spacial score (nSPS) is 12.8. The van der Waals surface area contributed by atoms with Crippen molar-refractivity contribution in [1.82, 2.24) is 4.73 Å². The largest absolute Gasteiger partial charge is 0.426 e. The molecule has 0 aliphatic heterocycles. The van der Waals surface area contributed by atoms with Crippen LogP contribution in [0.3, 0.4) is 0 Å². The predicted molar refractivity (Wildman–Crippen MR) is 63.1 cm³/mol. The number of hydrogen-bond acceptors (Lipinski definition) is 5. The number of thiazole rings is 1. The third-order valence-electron chi connectivity index (χ3n) is 1.95. The van der Waals surface area contributed by atoms with Crippen LogP contribution in [-0.2, 0) is 10.0 Å². The molecule has 2 aromatic rings. The summed E-state index contributed by atoms with van der Waals surface area (Å²) < 4.78 is 27.8. The third-order valence-corrected chi connectivity index (χ3v) is 4.09. The number of aromatic nitrogens is 1. The van der Waals surface area contributed by atoms with Crippen LogP contribution in [0.2, 0.25) is 0 Å². The minimum absolute atomic E-state index is 0.0122. The van der Waals surface area contributed by atoms with Gasteiger partial charge in [0.2, 0.25) is 4.80 Å². The van der Waals surface area contributed by atoms with E-state index in [-0.39, 0.29) is 9.70 Å². The van der Waals surface area contributed by atoms with E-state index in [2.05, 4.69) is 4.40 Å². The van der Waals surface area contributed by atoms with Gasteiger partial charge in [-0.3, -0.25) is 0 Å². The average Bonchev–Trinajstić information content (AvgIpc) is 2.64. The highest BCUT2D eigenvalue weighted by Gasteiger charge is 2.12. The average molecular weight is 271 g/mol. The Morgan fingerprint density at radius 2 is 1.94 bits per heavy atom. The van der Waals surface area contributed by atoms with Gasteiger partial charge in [-0.1, -0.05) is 0 Å². The molecule has 0 amide bonds. The molecule has 1 aromatic heterocycles. The fourth-order valence-electron chi connectivity index (χ4n) is 1.13. The highest BCUT2D eigenvalue weighted by atomic mass is 32.2. The molecule has 6 nitrogen and oxygen atoms in total. The van der Waals surface area contributed by atoms with Gasteiger partial charge in [-0.25, -0.2) is 0 Å². The first-order valence-corrected chi connectivity index (χ1v) is 6.83. The summed E-state index contributed by atoms with van der Waals surface area (Å²) in [7, 11) is -3.82. The molecule has 0 aliphatic rings. The summed E-state index contributed by atoms with van der Waals surface area (Å²) in [5.41, 5.74) is 5.93. The fraction of sp³-hybridized carbons (Fsp3) is 0. The van der Waals surface area contributed by atoms with Gasteiger partial charge in [0.1, 0.15) is 0 Å². The van der Waals surface area contributed by atoms with Crippen LogP contribution < -0.4 is 10.5 Å². The number of nitrogens with two attached hydrogens (primary N) is 1. The van der Waals surface area contributed by atoms with Gasteiger partial charge >= 0.3 is 0 Å². The van der Waals surface area contributed by atoms with Crippen LogP contribution in [0.4, 0.5) is 5.69 Å². The number of hydrogen-bond donors (Lipinski definition) is 2. The van der Waals surface area contributed by atoms with E-state index in [1.807, 2.05) is 0 Å². The minimum Gasteiger partial charge on any atom is -0.426 e. The van der Waals surface area contributed by atoms with Crippen molar-refractivity contribution >= 4 is 27.0 Å². The lowest BCUT2D eigenvalue weighted by atomic mass is 10.3. The molecule has 0 radical (unpaired) electrons. The highest BCUT2D eigenvalue weighted by molar-refractivity contribution is 7.90. The molecule has 0 saturated heterocycles. The Bertz CT molecular complexity index is 683. The summed E-state index contributed by atoms with van der Waals surface area (Å²) in [6.45, 7) is 0. The number of rotatable bonds is 2. The molecule has 2 rings (SSSR count). The molecular formula is C9H9N3O3S2. The van der Waals surface area contributed by atoms with Crippen molar-refractivity contribution < 1.29 is 13.6 Å². The van der Waals surface area contributed by atoms with Gasteiger partial charge in [-0.2, -0.15) is 13.1 Å². The summed E-state index contributed by atoms with van der Waals surface area (Å²) in [5.74, 6) is 0. The topological polar surface area (TPSA) is 97.7 Å². The van der Waals surface area contributed by atoms with Gasteiger partial charge < -0.3 is 10.9 Å². The van der Waals surface area contributed by atoms with E-state index in [9.17, 15) is 13.6 Å². The number of nitrogens with zero attached hydrogens (tertiary/aromatic N) is 2. The quantitative estimate of drug-likeness (QED) is 0.619. The lowest BCUT2D eigenvalue weighted by Crippen LogP contribution is -2.13. The zero-order chi connectivity index (χ0) is 12.5. The van der Waals surface area contributed by atoms with E-state index in [1.54, 1.807) is 0 Å². The van der Waals surface area contributed by atoms with E-state index in [1.165, 1.54) is 35.8 Å². The summed E-state index contributed by atoms with van der Waals surface area (Å²) in [6.07, 6.45) is 1.31. The highest BCUT2D eigenvalue weighted by Crippen LogP contribution is 2.13. The maximum Gasteiger partial charge on any atom is 0.285 e. The first-order valence-electron chi connectivity index (χ1n) is 4.51. The van der Waals surface area contributed by atoms with Crippen molar-refractivity contribution in [2.75, 3.05) is 5.73 Å². The molecule has 1 heterocycles. The lowest BCUT2D eigenvalue weighted by molar-refractivity contribution is 0.178. The van der Waals surface area contributed by atoms with Gasteiger partial charge in [-0.05, 0) is 24.3 Å². The Hall–Kier alpha value is -1.80. The van der Waals surface area contributed by atoms with Crippen LogP contribution >= 0.6 is 11.3 Å². The number of sulfonamides is 1. The van der Waals surface area contributed by atoms with E-state index < -0.39 is 10.0 Å². The third kappa shape index (κ3) is 2.48. The van der Waals surface area contributed by atoms with E-state index in [0.29, 0.717) is 10.4 Å². The summed E-state index contributed by atoms with van der Waals surface area (Å²) in [5, 5.41) is 10.8. The Kier molecular flexibility index (Phi) is 2.90. The van der Waals surface area contributed by atoms with Crippen LogP contribution in [0.1, 0.15) is 0 Å². The SMILES string of the molecule is Nc1ccc(S(=O)(=O)N=c2sccn2O)cc1. The Morgan fingerprint density at radius 3 is 2.47 bits per heavy atom. The molecule has 0 atom stereocenters. The molecule has 0 fully saturated rings. The summed E-state index contributed by atoms with van der Waals surface area (Å²) in [6, 6.07) is 5.68. The molecule has 0 spiro atoms. The monoisotopic (exact) mass is 271 g/mol. The standard InChI is InChI=1S/C9H9N3O3S2/c10-7-1-3-8(4-2-7)17(14,15)11-9-12(13)5-6-16-9/h1-6,13H,10H2. The molecule has 8 heteroatoms. The van der Waals surface area contributed by atoms with Crippen molar-refractivity contribution in [2.24, 2.45) is 4.40 Å². The second kappa shape index (κ2) is 4.22. The maximum absolute atomic E-state index is 11.8. The zero-order valence-electron chi connectivity index (χ0n) is 8.52. The van der Waals surface area contributed by atoms with E-state index in [4.69, 9.17) is 5.73 Å². The lowest BCUT2D eigenvalue weighted by Gasteiger charge is -1.98. The molecule has 1 aromatic carbocycles. The van der Waals surface area contributed by atoms with Crippen molar-refractivity contribution in [2.45, 2.75) is 4.90 Å². The first kappa shape index (κ1) is 11.7. The molecule has 0 saturated carbocycles. The van der Waals surface area contributed by atoms with Gasteiger partial charge in [0.15, 0.2) is 0 Å². The van der Waals surface area contributed by atoms with Crippen LogP contribution in [0.15, 0.2) is 45.1 Å². The summed E-state index contributed by atoms with van der Waals surface area (Å²) >= 11 is 1.02. The molecular weight excluding hydrogens is 262 g/mol. The van der Waals surface area contributed by atoms with Crippen molar-refractivity contribution in [1.29, 1.82) is 0 Å². The predicted octanol–water partition coefficient (Wildman–Crippen LogP) is 0.659. The Labute approximate surface area is 101 Å². The molecule has 0 aliphatic carbocycles. The Morgan fingerprint density at radius 1 is 1.29 bits per heavy atom. The number of nitrogen functional groups attached to an aromatic ring is 1. The smallest absolute Gasteiger partial charge is 0.285 e. The van der Waals surface area contributed by atoms with Gasteiger partial charge in [0.05, 0.1) is 11.1 Å². The van der Waals surface area contributed by atoms with Crippen LogP contribution in [0.25, 0.3) is 0 Å². The van der Waals surface area contributed by atoms with Crippen LogP contribution in [-0.4, -0.2) is 18.4 Å². The second-order valence-electron chi connectivity index (χ2n) is 3.17. The number of anilines is 1. The fourth-order valence-corrected chi connectivity index (χ4v) is 2.93.